The van der Waals surface area contributed by atoms with E-state index < -0.39 is 0 Å². The Bertz CT molecular complexity index is 776. The van der Waals surface area contributed by atoms with Crippen LogP contribution in [-0.4, -0.2) is 16.7 Å². The fourth-order valence-electron chi connectivity index (χ4n) is 2.01. The molecule has 0 spiro atoms. The summed E-state index contributed by atoms with van der Waals surface area (Å²) >= 11 is 0. The Balaban J connectivity index is 2.19. The van der Waals surface area contributed by atoms with Crippen LogP contribution in [0.25, 0.3) is 16.6 Å². The second kappa shape index (κ2) is 4.57. The highest BCUT2D eigenvalue weighted by atomic mass is 16.5. The van der Waals surface area contributed by atoms with Gasteiger partial charge < -0.3 is 4.74 Å². The number of benzene rings is 1. The number of nitrogens with zero attached hydrogens (tertiary/aromatic N) is 2. The molecule has 0 unspecified atom stereocenters. The molecule has 0 saturated heterocycles. The highest BCUT2D eigenvalue weighted by Gasteiger charge is 2.05. The number of hydrogen-bond acceptors (Lipinski definition) is 3. The molecule has 0 bridgehead atoms. The van der Waals surface area contributed by atoms with Crippen LogP contribution in [0.2, 0.25) is 0 Å². The van der Waals surface area contributed by atoms with Crippen LogP contribution in [-0.2, 0) is 0 Å². The second-order valence-electron chi connectivity index (χ2n) is 4.13. The minimum atomic E-state index is -0.0734. The fourth-order valence-corrected chi connectivity index (χ4v) is 2.01. The predicted molar refractivity (Wildman–Crippen MR) is 73.9 cm³/mol. The van der Waals surface area contributed by atoms with Crippen LogP contribution >= 0.6 is 0 Å². The maximum Gasteiger partial charge on any atom is 0.264 e. The van der Waals surface area contributed by atoms with Crippen molar-refractivity contribution in [3.05, 3.63) is 65.2 Å². The quantitative estimate of drug-likeness (QED) is 0.703. The molecule has 0 radical (unpaired) electrons. The molecule has 4 nitrogen and oxygen atoms in total. The topological polar surface area (TPSA) is 44.1 Å². The van der Waals surface area contributed by atoms with Crippen LogP contribution in [0.5, 0.6) is 5.75 Å². The number of fused-ring (bicyclic) bond motifs is 1. The maximum atomic E-state index is 12.4. The van der Waals surface area contributed by atoms with Crippen molar-refractivity contribution in [2.24, 2.45) is 0 Å². The lowest BCUT2D eigenvalue weighted by atomic mass is 10.2. The number of methoxy groups -OCH3 is 1. The molecule has 0 saturated carbocycles. The van der Waals surface area contributed by atoms with Gasteiger partial charge in [-0.2, -0.15) is 0 Å². The Labute approximate surface area is 109 Å². The van der Waals surface area contributed by atoms with E-state index in [1.807, 2.05) is 30.3 Å². The van der Waals surface area contributed by atoms with Gasteiger partial charge in [-0.3, -0.25) is 9.36 Å². The Hall–Kier alpha value is -2.62. The third kappa shape index (κ3) is 1.97. The number of aromatic nitrogens is 2. The SMILES string of the molecule is COc1ccc(-n2ccc3ccccc3c2=O)nc1. The van der Waals surface area contributed by atoms with Gasteiger partial charge in [0.2, 0.25) is 0 Å². The zero-order valence-electron chi connectivity index (χ0n) is 10.4. The summed E-state index contributed by atoms with van der Waals surface area (Å²) in [7, 11) is 1.58. The van der Waals surface area contributed by atoms with E-state index >= 15 is 0 Å². The van der Waals surface area contributed by atoms with Crippen molar-refractivity contribution in [3.63, 3.8) is 0 Å². The maximum absolute atomic E-state index is 12.4. The first-order valence-electron chi connectivity index (χ1n) is 5.90. The Kier molecular flexibility index (Phi) is 2.76. The van der Waals surface area contributed by atoms with Gasteiger partial charge in [-0.25, -0.2) is 4.98 Å². The average Bonchev–Trinajstić information content (AvgIpc) is 2.48. The largest absolute Gasteiger partial charge is 0.495 e. The van der Waals surface area contributed by atoms with Crippen LogP contribution in [0.1, 0.15) is 0 Å². The number of hydrogen-bond donors (Lipinski definition) is 0. The first-order valence-corrected chi connectivity index (χ1v) is 5.90. The van der Waals surface area contributed by atoms with E-state index in [1.165, 1.54) is 4.57 Å². The molecule has 3 aromatic rings. The Morgan fingerprint density at radius 3 is 2.68 bits per heavy atom. The van der Waals surface area contributed by atoms with Gasteiger partial charge >= 0.3 is 0 Å². The molecule has 19 heavy (non-hydrogen) atoms. The van der Waals surface area contributed by atoms with E-state index in [2.05, 4.69) is 4.98 Å². The third-order valence-electron chi connectivity index (χ3n) is 3.02. The van der Waals surface area contributed by atoms with Gasteiger partial charge in [0.15, 0.2) is 0 Å². The average molecular weight is 252 g/mol. The molecule has 3 rings (SSSR count). The molecular weight excluding hydrogens is 240 g/mol. The predicted octanol–water partition coefficient (Wildman–Crippen LogP) is 2.39. The smallest absolute Gasteiger partial charge is 0.264 e. The number of pyridine rings is 2. The van der Waals surface area contributed by atoms with Crippen molar-refractivity contribution in [2.45, 2.75) is 0 Å². The zero-order valence-corrected chi connectivity index (χ0v) is 10.4. The highest BCUT2D eigenvalue weighted by molar-refractivity contribution is 5.81. The van der Waals surface area contributed by atoms with Gasteiger partial charge in [0, 0.05) is 11.6 Å². The molecule has 0 aliphatic carbocycles. The van der Waals surface area contributed by atoms with E-state index in [9.17, 15) is 4.79 Å². The van der Waals surface area contributed by atoms with Crippen molar-refractivity contribution < 1.29 is 4.74 Å². The molecular formula is C15H12N2O2. The lowest BCUT2D eigenvalue weighted by Crippen LogP contribution is -2.18. The molecule has 1 aromatic carbocycles. The van der Waals surface area contributed by atoms with Crippen LogP contribution in [0.4, 0.5) is 0 Å². The summed E-state index contributed by atoms with van der Waals surface area (Å²) in [5.74, 6) is 1.24. The number of rotatable bonds is 2. The Morgan fingerprint density at radius 1 is 1.11 bits per heavy atom. The summed E-state index contributed by atoms with van der Waals surface area (Å²) in [5, 5.41) is 1.61. The van der Waals surface area contributed by atoms with Gasteiger partial charge in [0.25, 0.3) is 5.56 Å². The van der Waals surface area contributed by atoms with Crippen LogP contribution in [0.3, 0.4) is 0 Å². The summed E-state index contributed by atoms with van der Waals surface area (Å²) in [6, 6.07) is 13.0. The van der Waals surface area contributed by atoms with Gasteiger partial charge in [0.05, 0.1) is 13.3 Å². The molecule has 0 atom stereocenters. The van der Waals surface area contributed by atoms with Gasteiger partial charge in [-0.15, -0.1) is 0 Å². The van der Waals surface area contributed by atoms with E-state index in [0.717, 1.165) is 5.39 Å². The molecule has 0 aliphatic heterocycles. The van der Waals surface area contributed by atoms with Crippen LogP contribution in [0, 0.1) is 0 Å². The lowest BCUT2D eigenvalue weighted by Gasteiger charge is -2.07. The van der Waals surface area contributed by atoms with E-state index in [1.54, 1.807) is 31.6 Å². The second-order valence-corrected chi connectivity index (χ2v) is 4.13. The van der Waals surface area contributed by atoms with Crippen molar-refractivity contribution in [3.8, 4) is 11.6 Å². The standard InChI is InChI=1S/C15H12N2O2/c1-19-12-6-7-14(16-10-12)17-9-8-11-4-2-3-5-13(11)15(17)18/h2-10H,1H3. The van der Waals surface area contributed by atoms with Crippen molar-refractivity contribution in [1.82, 2.24) is 9.55 Å². The summed E-state index contributed by atoms with van der Waals surface area (Å²) in [4.78, 5) is 16.6. The molecule has 0 amide bonds. The monoisotopic (exact) mass is 252 g/mol. The normalized spacial score (nSPS) is 10.6. The summed E-state index contributed by atoms with van der Waals surface area (Å²) < 4.78 is 6.59. The van der Waals surface area contributed by atoms with Gasteiger partial charge in [-0.1, -0.05) is 18.2 Å². The molecule has 2 heterocycles. The summed E-state index contributed by atoms with van der Waals surface area (Å²) in [5.41, 5.74) is -0.0734. The minimum Gasteiger partial charge on any atom is -0.495 e. The first-order chi connectivity index (χ1) is 9.29. The van der Waals surface area contributed by atoms with E-state index in [-0.39, 0.29) is 5.56 Å². The molecule has 0 fully saturated rings. The van der Waals surface area contributed by atoms with Crippen molar-refractivity contribution >= 4 is 10.8 Å². The summed E-state index contributed by atoms with van der Waals surface area (Å²) in [6.45, 7) is 0. The first kappa shape index (κ1) is 11.5. The van der Waals surface area contributed by atoms with Crippen LogP contribution < -0.4 is 10.3 Å². The third-order valence-corrected chi connectivity index (χ3v) is 3.02. The highest BCUT2D eigenvalue weighted by Crippen LogP contribution is 2.13. The molecule has 0 aliphatic rings. The van der Waals surface area contributed by atoms with Gasteiger partial charge in [-0.05, 0) is 29.7 Å². The summed E-state index contributed by atoms with van der Waals surface area (Å²) in [6.07, 6.45) is 3.33. The molecule has 4 heteroatoms. The number of ether oxygens (including phenoxy) is 1. The fraction of sp³-hybridized carbons (Fsp3) is 0.0667. The van der Waals surface area contributed by atoms with Crippen LogP contribution in [0.15, 0.2) is 59.7 Å². The van der Waals surface area contributed by atoms with Crippen molar-refractivity contribution in [2.75, 3.05) is 7.11 Å². The molecule has 0 N–H and O–H groups in total. The molecule has 2 aromatic heterocycles. The van der Waals surface area contributed by atoms with Gasteiger partial charge in [0.1, 0.15) is 11.6 Å². The van der Waals surface area contributed by atoms with E-state index in [0.29, 0.717) is 17.0 Å². The molecule has 94 valence electrons. The minimum absolute atomic E-state index is 0.0734. The van der Waals surface area contributed by atoms with Crippen molar-refractivity contribution in [1.29, 1.82) is 0 Å². The lowest BCUT2D eigenvalue weighted by molar-refractivity contribution is 0.412. The van der Waals surface area contributed by atoms with E-state index in [4.69, 9.17) is 4.74 Å². The zero-order chi connectivity index (χ0) is 13.2. The Morgan fingerprint density at radius 2 is 1.95 bits per heavy atom.